The van der Waals surface area contributed by atoms with Gasteiger partial charge in [-0.3, -0.25) is 9.48 Å². The van der Waals surface area contributed by atoms with E-state index >= 15 is 0 Å². The van der Waals surface area contributed by atoms with Crippen LogP contribution in [-0.4, -0.2) is 16.1 Å². The number of hydrogen-bond acceptors (Lipinski definition) is 2. The molecule has 0 fully saturated rings. The summed E-state index contributed by atoms with van der Waals surface area (Å²) >= 11 is 0. The summed E-state index contributed by atoms with van der Waals surface area (Å²) in [5.74, 6) is 0. The van der Waals surface area contributed by atoms with Crippen molar-refractivity contribution < 1.29 is 4.79 Å². The van der Waals surface area contributed by atoms with Gasteiger partial charge in [-0.2, -0.15) is 5.10 Å². The lowest BCUT2D eigenvalue weighted by Gasteiger charge is -1.96. The van der Waals surface area contributed by atoms with Crippen LogP contribution < -0.4 is 0 Å². The molecule has 0 atom stereocenters. The summed E-state index contributed by atoms with van der Waals surface area (Å²) in [6.45, 7) is 2.83. The highest BCUT2D eigenvalue weighted by molar-refractivity contribution is 5.72. The first-order chi connectivity index (χ1) is 5.38. The predicted octanol–water partition coefficient (Wildman–Crippen LogP) is 1.12. The molecule has 1 aromatic heterocycles. The third-order valence-electron chi connectivity index (χ3n) is 1.39. The minimum absolute atomic E-state index is 0.757. The minimum Gasteiger partial charge on any atom is -0.299 e. The van der Waals surface area contributed by atoms with Crippen molar-refractivity contribution in [3.05, 3.63) is 24.0 Å². The van der Waals surface area contributed by atoms with E-state index < -0.39 is 0 Å². The molecule has 11 heavy (non-hydrogen) atoms. The van der Waals surface area contributed by atoms with Crippen LogP contribution in [0.1, 0.15) is 12.6 Å². The van der Waals surface area contributed by atoms with E-state index in [1.54, 1.807) is 12.3 Å². The largest absolute Gasteiger partial charge is 0.299 e. The summed E-state index contributed by atoms with van der Waals surface area (Å²) in [6.07, 6.45) is 5.67. The van der Waals surface area contributed by atoms with Crippen molar-refractivity contribution in [3.63, 3.8) is 0 Å². The molecule has 58 valence electrons. The molecular formula is C8H10N2O. The average molecular weight is 150 g/mol. The predicted molar refractivity (Wildman–Crippen MR) is 43.0 cm³/mol. The lowest BCUT2D eigenvalue weighted by Crippen LogP contribution is -1.97. The fourth-order valence-corrected chi connectivity index (χ4v) is 0.887. The van der Waals surface area contributed by atoms with Crippen LogP contribution in [0, 0.1) is 0 Å². The zero-order valence-corrected chi connectivity index (χ0v) is 6.40. The number of allylic oxidation sites excluding steroid dienone is 1. The van der Waals surface area contributed by atoms with Gasteiger partial charge in [0.25, 0.3) is 0 Å². The Bertz CT molecular complexity index is 263. The summed E-state index contributed by atoms with van der Waals surface area (Å²) in [5.41, 5.74) is 0.958. The number of carbonyl (C=O) groups is 1. The number of carbonyl (C=O) groups excluding carboxylic acids is 1. The zero-order chi connectivity index (χ0) is 8.10. The van der Waals surface area contributed by atoms with Crippen molar-refractivity contribution in [1.29, 1.82) is 0 Å². The lowest BCUT2D eigenvalue weighted by atomic mass is 10.4. The van der Waals surface area contributed by atoms with E-state index in [1.165, 1.54) is 6.08 Å². The van der Waals surface area contributed by atoms with Crippen molar-refractivity contribution in [2.75, 3.05) is 0 Å². The quantitative estimate of drug-likeness (QED) is 0.478. The van der Waals surface area contributed by atoms with Gasteiger partial charge in [-0.05, 0) is 25.1 Å². The standard InChI is InChI=1S/C8H10N2O/c1-2-10-8(4-3-7-11)5-6-9-10/h3-7H,2H2,1H3/b4-3+. The number of hydrogen-bond donors (Lipinski definition) is 0. The first-order valence-electron chi connectivity index (χ1n) is 3.52. The van der Waals surface area contributed by atoms with E-state index in [0.29, 0.717) is 0 Å². The molecule has 3 heteroatoms. The van der Waals surface area contributed by atoms with Gasteiger partial charge in [0.15, 0.2) is 0 Å². The Morgan fingerprint density at radius 1 is 1.73 bits per heavy atom. The fraction of sp³-hybridized carbons (Fsp3) is 0.250. The molecule has 0 aromatic carbocycles. The second-order valence-corrected chi connectivity index (χ2v) is 2.07. The maximum Gasteiger partial charge on any atom is 0.142 e. The second-order valence-electron chi connectivity index (χ2n) is 2.07. The van der Waals surface area contributed by atoms with E-state index in [1.807, 2.05) is 17.7 Å². The molecule has 1 heterocycles. The molecule has 0 aliphatic carbocycles. The monoisotopic (exact) mass is 150 g/mol. The van der Waals surface area contributed by atoms with E-state index in [-0.39, 0.29) is 0 Å². The number of aryl methyl sites for hydroxylation is 1. The van der Waals surface area contributed by atoms with Crippen LogP contribution in [0.5, 0.6) is 0 Å². The zero-order valence-electron chi connectivity index (χ0n) is 6.40. The van der Waals surface area contributed by atoms with Crippen LogP contribution in [-0.2, 0) is 11.3 Å². The van der Waals surface area contributed by atoms with E-state index in [9.17, 15) is 4.79 Å². The Labute approximate surface area is 65.3 Å². The molecule has 0 saturated heterocycles. The van der Waals surface area contributed by atoms with Gasteiger partial charge in [0.2, 0.25) is 0 Å². The van der Waals surface area contributed by atoms with Crippen LogP contribution in [0.15, 0.2) is 18.3 Å². The van der Waals surface area contributed by atoms with Gasteiger partial charge >= 0.3 is 0 Å². The van der Waals surface area contributed by atoms with Crippen molar-refractivity contribution in [3.8, 4) is 0 Å². The summed E-state index contributed by atoms with van der Waals surface area (Å²) in [5, 5.41) is 4.04. The fourth-order valence-electron chi connectivity index (χ4n) is 0.887. The first-order valence-corrected chi connectivity index (χ1v) is 3.52. The van der Waals surface area contributed by atoms with Crippen LogP contribution in [0.25, 0.3) is 6.08 Å². The Morgan fingerprint density at radius 2 is 2.55 bits per heavy atom. The Hall–Kier alpha value is -1.38. The molecule has 0 amide bonds. The molecule has 0 radical (unpaired) electrons. The second kappa shape index (κ2) is 3.71. The summed E-state index contributed by atoms with van der Waals surface area (Å²) < 4.78 is 1.82. The molecule has 1 aromatic rings. The Kier molecular flexibility index (Phi) is 2.60. The molecule has 0 bridgehead atoms. The van der Waals surface area contributed by atoms with Gasteiger partial charge < -0.3 is 0 Å². The Morgan fingerprint density at radius 3 is 3.18 bits per heavy atom. The number of aldehydes is 1. The van der Waals surface area contributed by atoms with Crippen molar-refractivity contribution in [2.24, 2.45) is 0 Å². The SMILES string of the molecule is CCn1nccc1/C=C/C=O. The van der Waals surface area contributed by atoms with Crippen LogP contribution >= 0.6 is 0 Å². The molecule has 0 spiro atoms. The topological polar surface area (TPSA) is 34.9 Å². The highest BCUT2D eigenvalue weighted by Gasteiger charge is 1.93. The summed E-state index contributed by atoms with van der Waals surface area (Å²) in [4.78, 5) is 9.98. The van der Waals surface area contributed by atoms with E-state index in [2.05, 4.69) is 5.10 Å². The van der Waals surface area contributed by atoms with E-state index in [0.717, 1.165) is 18.5 Å². The molecule has 0 aliphatic heterocycles. The molecule has 0 saturated carbocycles. The van der Waals surface area contributed by atoms with Crippen molar-refractivity contribution in [2.45, 2.75) is 13.5 Å². The van der Waals surface area contributed by atoms with Gasteiger partial charge in [0.1, 0.15) is 6.29 Å². The first kappa shape index (κ1) is 7.72. The smallest absolute Gasteiger partial charge is 0.142 e. The maximum absolute atomic E-state index is 9.98. The Balaban J connectivity index is 2.84. The van der Waals surface area contributed by atoms with Gasteiger partial charge in [-0.15, -0.1) is 0 Å². The maximum atomic E-state index is 9.98. The van der Waals surface area contributed by atoms with Gasteiger partial charge in [0, 0.05) is 12.7 Å². The number of aromatic nitrogens is 2. The van der Waals surface area contributed by atoms with Gasteiger partial charge in [-0.1, -0.05) is 0 Å². The van der Waals surface area contributed by atoms with E-state index in [4.69, 9.17) is 0 Å². The van der Waals surface area contributed by atoms with Gasteiger partial charge in [-0.25, -0.2) is 0 Å². The summed E-state index contributed by atoms with van der Waals surface area (Å²) in [7, 11) is 0. The highest BCUT2D eigenvalue weighted by Crippen LogP contribution is 1.99. The third kappa shape index (κ3) is 1.77. The van der Waals surface area contributed by atoms with Crippen LogP contribution in [0.2, 0.25) is 0 Å². The summed E-state index contributed by atoms with van der Waals surface area (Å²) in [6, 6.07) is 1.86. The molecular weight excluding hydrogens is 140 g/mol. The number of nitrogens with zero attached hydrogens (tertiary/aromatic N) is 2. The van der Waals surface area contributed by atoms with Crippen LogP contribution in [0.3, 0.4) is 0 Å². The molecule has 0 N–H and O–H groups in total. The van der Waals surface area contributed by atoms with Crippen molar-refractivity contribution in [1.82, 2.24) is 9.78 Å². The van der Waals surface area contributed by atoms with Crippen molar-refractivity contribution >= 4 is 12.4 Å². The highest BCUT2D eigenvalue weighted by atomic mass is 16.1. The molecule has 0 aliphatic rings. The third-order valence-corrected chi connectivity index (χ3v) is 1.39. The normalized spacial score (nSPS) is 10.6. The van der Waals surface area contributed by atoms with Crippen LogP contribution in [0.4, 0.5) is 0 Å². The van der Waals surface area contributed by atoms with Gasteiger partial charge in [0.05, 0.1) is 5.69 Å². The molecule has 3 nitrogen and oxygen atoms in total. The molecule has 0 unspecified atom stereocenters. The average Bonchev–Trinajstić information content (AvgIpc) is 2.47. The molecule has 1 rings (SSSR count). The number of rotatable bonds is 3. The minimum atomic E-state index is 0.757. The lowest BCUT2D eigenvalue weighted by molar-refractivity contribution is -0.104.